The predicted octanol–water partition coefficient (Wildman–Crippen LogP) is 2.02. The number of rotatable bonds is 4. The minimum Gasteiger partial charge on any atom is -0.335 e. The summed E-state index contributed by atoms with van der Waals surface area (Å²) in [7, 11) is 0. The molecule has 1 saturated heterocycles. The zero-order valence-corrected chi connectivity index (χ0v) is 16.8. The van der Waals surface area contributed by atoms with Crippen molar-refractivity contribution in [3.05, 3.63) is 64.7 Å². The van der Waals surface area contributed by atoms with Crippen molar-refractivity contribution in [1.29, 1.82) is 0 Å². The van der Waals surface area contributed by atoms with Gasteiger partial charge in [0.25, 0.3) is 11.8 Å². The Hall–Kier alpha value is -3.83. The molecule has 1 aromatic carbocycles. The van der Waals surface area contributed by atoms with E-state index in [-0.39, 0.29) is 30.5 Å². The van der Waals surface area contributed by atoms with Crippen LogP contribution in [0.2, 0.25) is 0 Å². The summed E-state index contributed by atoms with van der Waals surface area (Å²) in [4.78, 5) is 53.4. The SMILES string of the molecule is O=C1CCC(N2Cc3cc(C(=O)N[C@H](c4ccc(F)cn4)C(F)(F)F)ccc3C2=O)C(=O)N1. The number of pyridine rings is 1. The minimum absolute atomic E-state index is 0.0379. The van der Waals surface area contributed by atoms with Crippen molar-refractivity contribution >= 4 is 23.6 Å². The Kier molecular flexibility index (Phi) is 5.60. The van der Waals surface area contributed by atoms with E-state index in [2.05, 4.69) is 10.3 Å². The quantitative estimate of drug-likeness (QED) is 0.532. The summed E-state index contributed by atoms with van der Waals surface area (Å²) in [5, 5.41) is 4.01. The molecule has 0 spiro atoms. The number of hydrogen-bond acceptors (Lipinski definition) is 5. The van der Waals surface area contributed by atoms with Crippen LogP contribution in [0.15, 0.2) is 36.5 Å². The van der Waals surface area contributed by atoms with Gasteiger partial charge in [-0.3, -0.25) is 29.5 Å². The van der Waals surface area contributed by atoms with E-state index < -0.39 is 53.4 Å². The molecule has 1 fully saturated rings. The number of fused-ring (bicyclic) bond motifs is 1. The van der Waals surface area contributed by atoms with Gasteiger partial charge < -0.3 is 10.2 Å². The zero-order valence-electron chi connectivity index (χ0n) is 16.8. The second-order valence-electron chi connectivity index (χ2n) is 7.62. The summed E-state index contributed by atoms with van der Waals surface area (Å²) in [6, 6.07) is 2.08. The highest BCUT2D eigenvalue weighted by Gasteiger charge is 2.43. The van der Waals surface area contributed by atoms with Gasteiger partial charge in [0.15, 0.2) is 6.04 Å². The fourth-order valence-corrected chi connectivity index (χ4v) is 3.81. The number of piperidine rings is 1. The van der Waals surface area contributed by atoms with Crippen molar-refractivity contribution in [2.24, 2.45) is 0 Å². The van der Waals surface area contributed by atoms with Gasteiger partial charge in [0.2, 0.25) is 11.8 Å². The molecular weight excluding hydrogens is 448 g/mol. The van der Waals surface area contributed by atoms with E-state index in [0.717, 1.165) is 12.1 Å². The van der Waals surface area contributed by atoms with Crippen molar-refractivity contribution < 1.29 is 36.7 Å². The van der Waals surface area contributed by atoms with Crippen LogP contribution < -0.4 is 10.6 Å². The summed E-state index contributed by atoms with van der Waals surface area (Å²) in [5.74, 6) is -3.41. The van der Waals surface area contributed by atoms with Crippen LogP contribution in [0.1, 0.15) is 50.9 Å². The molecule has 1 unspecified atom stereocenters. The lowest BCUT2D eigenvalue weighted by atomic mass is 10.0. The molecule has 2 atom stereocenters. The van der Waals surface area contributed by atoms with Crippen LogP contribution in [0.25, 0.3) is 0 Å². The maximum absolute atomic E-state index is 13.5. The standard InChI is InChI=1S/C21H16F4N4O4/c22-12-2-4-14(26-8-12)17(21(23,24)25)28-18(31)10-1-3-13-11(7-10)9-29(20(13)33)15-5-6-16(30)27-19(15)32/h1-4,7-8,15,17H,5-6,9H2,(H,28,31)(H,27,30,32)/t15?,17-/m1/s1. The van der Waals surface area contributed by atoms with Crippen molar-refractivity contribution in [2.75, 3.05) is 0 Å². The van der Waals surface area contributed by atoms with Crippen LogP contribution in [0.4, 0.5) is 17.6 Å². The molecule has 33 heavy (non-hydrogen) atoms. The number of amides is 4. The monoisotopic (exact) mass is 464 g/mol. The van der Waals surface area contributed by atoms with Gasteiger partial charge in [0.1, 0.15) is 11.9 Å². The molecule has 2 aliphatic rings. The summed E-state index contributed by atoms with van der Waals surface area (Å²) < 4.78 is 53.6. The lowest BCUT2D eigenvalue weighted by Gasteiger charge is -2.29. The van der Waals surface area contributed by atoms with E-state index in [1.54, 1.807) is 0 Å². The topological polar surface area (TPSA) is 108 Å². The van der Waals surface area contributed by atoms with Crippen molar-refractivity contribution in [3.63, 3.8) is 0 Å². The predicted molar refractivity (Wildman–Crippen MR) is 103 cm³/mol. The van der Waals surface area contributed by atoms with Gasteiger partial charge in [-0.15, -0.1) is 0 Å². The van der Waals surface area contributed by atoms with E-state index in [0.29, 0.717) is 11.8 Å². The minimum atomic E-state index is -4.89. The maximum atomic E-state index is 13.5. The van der Waals surface area contributed by atoms with Crippen molar-refractivity contribution in [3.8, 4) is 0 Å². The highest BCUT2D eigenvalue weighted by molar-refractivity contribution is 6.06. The number of imide groups is 1. The van der Waals surface area contributed by atoms with Gasteiger partial charge in [-0.05, 0) is 42.3 Å². The number of aromatic nitrogens is 1. The maximum Gasteiger partial charge on any atom is 0.414 e. The molecule has 12 heteroatoms. The third-order valence-electron chi connectivity index (χ3n) is 5.43. The Morgan fingerprint density at radius 1 is 1.18 bits per heavy atom. The second-order valence-corrected chi connectivity index (χ2v) is 7.62. The molecule has 0 aliphatic carbocycles. The lowest BCUT2D eigenvalue weighted by molar-refractivity contribution is -0.156. The number of alkyl halides is 3. The van der Waals surface area contributed by atoms with Gasteiger partial charge in [0.05, 0.1) is 11.9 Å². The third kappa shape index (κ3) is 4.41. The Morgan fingerprint density at radius 2 is 1.94 bits per heavy atom. The molecule has 3 heterocycles. The normalized spacial score (nSPS) is 19.2. The molecule has 4 rings (SSSR count). The number of carbonyl (C=O) groups excluding carboxylic acids is 4. The zero-order chi connectivity index (χ0) is 23.9. The molecule has 172 valence electrons. The van der Waals surface area contributed by atoms with E-state index in [9.17, 15) is 36.7 Å². The van der Waals surface area contributed by atoms with Crippen molar-refractivity contribution in [1.82, 2.24) is 20.5 Å². The number of nitrogens with one attached hydrogen (secondary N) is 2. The molecule has 0 saturated carbocycles. The van der Waals surface area contributed by atoms with Crippen LogP contribution in [-0.4, -0.2) is 45.7 Å². The van der Waals surface area contributed by atoms with Gasteiger partial charge in [-0.1, -0.05) is 0 Å². The van der Waals surface area contributed by atoms with Crippen LogP contribution in [0.5, 0.6) is 0 Å². The highest BCUT2D eigenvalue weighted by atomic mass is 19.4. The molecule has 0 bridgehead atoms. The summed E-state index contributed by atoms with van der Waals surface area (Å²) >= 11 is 0. The Morgan fingerprint density at radius 3 is 2.58 bits per heavy atom. The molecule has 2 aromatic rings. The van der Waals surface area contributed by atoms with Gasteiger partial charge in [-0.25, -0.2) is 4.39 Å². The summed E-state index contributed by atoms with van der Waals surface area (Å²) in [6.45, 7) is -0.0379. The van der Waals surface area contributed by atoms with E-state index in [1.165, 1.54) is 23.1 Å². The second kappa shape index (κ2) is 8.26. The molecule has 2 aliphatic heterocycles. The van der Waals surface area contributed by atoms with Gasteiger partial charge in [-0.2, -0.15) is 13.2 Å². The first-order chi connectivity index (χ1) is 15.5. The van der Waals surface area contributed by atoms with E-state index in [4.69, 9.17) is 0 Å². The first-order valence-electron chi connectivity index (χ1n) is 9.81. The number of benzene rings is 1. The number of nitrogens with zero attached hydrogens (tertiary/aromatic N) is 2. The summed E-state index contributed by atoms with van der Waals surface area (Å²) in [5.41, 5.74) is -0.148. The highest BCUT2D eigenvalue weighted by Crippen LogP contribution is 2.33. The van der Waals surface area contributed by atoms with E-state index >= 15 is 0 Å². The number of hydrogen-bond donors (Lipinski definition) is 2. The summed E-state index contributed by atoms with van der Waals surface area (Å²) in [6.07, 6.45) is -4.06. The average molecular weight is 464 g/mol. The third-order valence-corrected chi connectivity index (χ3v) is 5.43. The largest absolute Gasteiger partial charge is 0.414 e. The Bertz CT molecular complexity index is 1150. The van der Waals surface area contributed by atoms with Crippen LogP contribution >= 0.6 is 0 Å². The molecular formula is C21H16F4N4O4. The molecule has 8 nitrogen and oxygen atoms in total. The fourth-order valence-electron chi connectivity index (χ4n) is 3.81. The smallest absolute Gasteiger partial charge is 0.335 e. The van der Waals surface area contributed by atoms with Crippen molar-refractivity contribution in [2.45, 2.75) is 37.6 Å². The lowest BCUT2D eigenvalue weighted by Crippen LogP contribution is -2.52. The number of carbonyl (C=O) groups is 4. The van der Waals surface area contributed by atoms with Crippen LogP contribution in [0.3, 0.4) is 0 Å². The Labute approximate surface area is 184 Å². The van der Waals surface area contributed by atoms with Crippen LogP contribution in [0, 0.1) is 5.82 Å². The van der Waals surface area contributed by atoms with Crippen LogP contribution in [-0.2, 0) is 16.1 Å². The first-order valence-corrected chi connectivity index (χ1v) is 9.81. The number of halogens is 4. The molecule has 0 radical (unpaired) electrons. The van der Waals surface area contributed by atoms with Gasteiger partial charge in [0, 0.05) is 24.1 Å². The fraction of sp³-hybridized carbons (Fsp3) is 0.286. The molecule has 1 aromatic heterocycles. The van der Waals surface area contributed by atoms with Gasteiger partial charge >= 0.3 is 6.18 Å². The van der Waals surface area contributed by atoms with E-state index in [1.807, 2.05) is 5.32 Å². The first kappa shape index (κ1) is 22.4. The molecule has 4 amide bonds. The molecule has 2 N–H and O–H groups in total. The average Bonchev–Trinajstić information content (AvgIpc) is 3.07. The Balaban J connectivity index is 1.54.